The van der Waals surface area contributed by atoms with E-state index in [1.54, 1.807) is 24.4 Å². The number of alkyl halides is 2. The van der Waals surface area contributed by atoms with Crippen molar-refractivity contribution >= 4 is 51.5 Å². The second kappa shape index (κ2) is 6.06. The Balaban J connectivity index is 1.66. The molecule has 0 aliphatic heterocycles. The zero-order chi connectivity index (χ0) is 17.5. The maximum Gasteiger partial charge on any atom is 0.235 e. The van der Waals surface area contributed by atoms with Crippen LogP contribution >= 0.6 is 34.5 Å². The predicted molar refractivity (Wildman–Crippen MR) is 93.1 cm³/mol. The van der Waals surface area contributed by atoms with Crippen molar-refractivity contribution in [3.8, 4) is 11.5 Å². The SMILES string of the molecule is CC(=O)NCc1ccc(-c2csc(NC(=O)C3(C)CC3(Cl)Cl)n2)o1. The lowest BCUT2D eigenvalue weighted by Crippen LogP contribution is -2.25. The van der Waals surface area contributed by atoms with E-state index >= 15 is 0 Å². The number of hydrogen-bond acceptors (Lipinski definition) is 5. The molecule has 1 unspecified atom stereocenters. The van der Waals surface area contributed by atoms with Crippen molar-refractivity contribution in [3.63, 3.8) is 0 Å². The summed E-state index contributed by atoms with van der Waals surface area (Å²) in [6.07, 6.45) is 0.415. The summed E-state index contributed by atoms with van der Waals surface area (Å²) in [5, 5.41) is 7.62. The van der Waals surface area contributed by atoms with Gasteiger partial charge in [0, 0.05) is 12.3 Å². The Hall–Kier alpha value is -1.57. The number of halogens is 2. The van der Waals surface area contributed by atoms with Crippen molar-refractivity contribution in [2.75, 3.05) is 5.32 Å². The number of carbonyl (C=O) groups is 2. The van der Waals surface area contributed by atoms with Gasteiger partial charge >= 0.3 is 0 Å². The maximum absolute atomic E-state index is 12.2. The molecule has 2 aromatic heterocycles. The molecule has 1 atom stereocenters. The molecule has 128 valence electrons. The van der Waals surface area contributed by atoms with Gasteiger partial charge in [-0.15, -0.1) is 34.5 Å². The van der Waals surface area contributed by atoms with Crippen LogP contribution in [0.1, 0.15) is 26.0 Å². The van der Waals surface area contributed by atoms with Crippen LogP contribution in [-0.4, -0.2) is 21.1 Å². The lowest BCUT2D eigenvalue weighted by Gasteiger charge is -2.10. The zero-order valence-corrected chi connectivity index (χ0v) is 15.3. The second-order valence-corrected chi connectivity index (χ2v) is 8.22. The third kappa shape index (κ3) is 3.29. The van der Waals surface area contributed by atoms with Crippen molar-refractivity contribution in [2.24, 2.45) is 5.41 Å². The number of hydrogen-bond donors (Lipinski definition) is 2. The minimum Gasteiger partial charge on any atom is -0.458 e. The predicted octanol–water partition coefficient (Wildman–Crippen LogP) is 3.56. The highest BCUT2D eigenvalue weighted by Gasteiger charge is 2.68. The highest BCUT2D eigenvalue weighted by Crippen LogP contribution is 2.64. The van der Waals surface area contributed by atoms with Crippen LogP contribution in [0.25, 0.3) is 11.5 Å². The van der Waals surface area contributed by atoms with Crippen LogP contribution in [-0.2, 0) is 16.1 Å². The Kier molecular flexibility index (Phi) is 4.36. The first-order chi connectivity index (χ1) is 11.2. The molecule has 0 bridgehead atoms. The molecule has 1 saturated carbocycles. The minimum atomic E-state index is -1.02. The van der Waals surface area contributed by atoms with Gasteiger partial charge in [0.25, 0.3) is 0 Å². The van der Waals surface area contributed by atoms with Gasteiger partial charge < -0.3 is 15.1 Å². The monoisotopic (exact) mass is 387 g/mol. The number of thiazole rings is 1. The van der Waals surface area contributed by atoms with Crippen LogP contribution in [0, 0.1) is 5.41 Å². The average molecular weight is 388 g/mol. The molecule has 0 aromatic carbocycles. The van der Waals surface area contributed by atoms with Gasteiger partial charge in [-0.1, -0.05) is 0 Å². The molecule has 3 rings (SSSR count). The third-order valence-electron chi connectivity index (χ3n) is 3.91. The van der Waals surface area contributed by atoms with Gasteiger partial charge in [0.15, 0.2) is 10.9 Å². The van der Waals surface area contributed by atoms with E-state index in [1.807, 2.05) is 0 Å². The number of nitrogens with zero attached hydrogens (tertiary/aromatic N) is 1. The largest absolute Gasteiger partial charge is 0.458 e. The van der Waals surface area contributed by atoms with Gasteiger partial charge in [0.2, 0.25) is 11.8 Å². The molecule has 1 fully saturated rings. The van der Waals surface area contributed by atoms with Crippen molar-refractivity contribution in [1.29, 1.82) is 0 Å². The number of aromatic nitrogens is 1. The van der Waals surface area contributed by atoms with Crippen LogP contribution < -0.4 is 10.6 Å². The molecule has 2 aromatic rings. The van der Waals surface area contributed by atoms with Gasteiger partial charge in [0.1, 0.15) is 15.8 Å². The van der Waals surface area contributed by atoms with Gasteiger partial charge in [-0.3, -0.25) is 9.59 Å². The topological polar surface area (TPSA) is 84.2 Å². The number of furan rings is 1. The van der Waals surface area contributed by atoms with E-state index in [2.05, 4.69) is 15.6 Å². The maximum atomic E-state index is 12.2. The average Bonchev–Trinajstić information content (AvgIpc) is 2.95. The fraction of sp³-hybridized carbons (Fsp3) is 0.400. The summed E-state index contributed by atoms with van der Waals surface area (Å²) in [7, 11) is 0. The Morgan fingerprint density at radius 1 is 1.42 bits per heavy atom. The Morgan fingerprint density at radius 3 is 2.75 bits per heavy atom. The number of rotatable bonds is 5. The fourth-order valence-electron chi connectivity index (χ4n) is 2.15. The first kappa shape index (κ1) is 17.3. The quantitative estimate of drug-likeness (QED) is 0.768. The fourth-order valence-corrected chi connectivity index (χ4v) is 3.55. The molecule has 2 amide bonds. The van der Waals surface area contributed by atoms with Gasteiger partial charge in [0.05, 0.1) is 12.0 Å². The van der Waals surface area contributed by atoms with Crippen molar-refractivity contribution in [2.45, 2.75) is 31.1 Å². The first-order valence-electron chi connectivity index (χ1n) is 7.20. The number of carbonyl (C=O) groups excluding carboxylic acids is 2. The Bertz CT molecular complexity index is 801. The molecule has 0 saturated heterocycles. The number of amides is 2. The molecular formula is C15H15Cl2N3O3S. The van der Waals surface area contributed by atoms with E-state index in [1.165, 1.54) is 18.3 Å². The molecule has 1 aliphatic carbocycles. The molecule has 0 spiro atoms. The summed E-state index contributed by atoms with van der Waals surface area (Å²) in [5.41, 5.74) is -0.189. The number of anilines is 1. The molecular weight excluding hydrogens is 373 g/mol. The van der Waals surface area contributed by atoms with Crippen LogP contribution in [0.3, 0.4) is 0 Å². The van der Waals surface area contributed by atoms with E-state index < -0.39 is 9.75 Å². The van der Waals surface area contributed by atoms with E-state index in [4.69, 9.17) is 27.6 Å². The molecule has 2 heterocycles. The summed E-state index contributed by atoms with van der Waals surface area (Å²) in [5.74, 6) is 0.807. The second-order valence-electron chi connectivity index (χ2n) is 5.88. The molecule has 2 N–H and O–H groups in total. The summed E-state index contributed by atoms with van der Waals surface area (Å²) >= 11 is 13.3. The standard InChI is InChI=1S/C15H15Cl2N3O3S/c1-8(21)18-5-9-3-4-11(23-9)10-6-24-13(19-10)20-12(22)14(2)7-15(14,16)17/h3-4,6H,5,7H2,1-2H3,(H,18,21)(H,19,20,22). The van der Waals surface area contributed by atoms with Crippen molar-refractivity contribution in [3.05, 3.63) is 23.3 Å². The highest BCUT2D eigenvalue weighted by molar-refractivity contribution is 7.14. The third-order valence-corrected chi connectivity index (χ3v) is 5.77. The zero-order valence-electron chi connectivity index (χ0n) is 13.0. The van der Waals surface area contributed by atoms with E-state index in [-0.39, 0.29) is 11.8 Å². The number of nitrogens with one attached hydrogen (secondary N) is 2. The lowest BCUT2D eigenvalue weighted by atomic mass is 10.1. The molecule has 24 heavy (non-hydrogen) atoms. The first-order valence-corrected chi connectivity index (χ1v) is 8.83. The van der Waals surface area contributed by atoms with E-state index in [0.717, 1.165) is 0 Å². The van der Waals surface area contributed by atoms with Gasteiger partial charge in [-0.25, -0.2) is 4.98 Å². The Morgan fingerprint density at radius 2 is 2.12 bits per heavy atom. The van der Waals surface area contributed by atoms with Crippen LogP contribution in [0.15, 0.2) is 21.9 Å². The van der Waals surface area contributed by atoms with E-state index in [0.29, 0.717) is 35.3 Å². The van der Waals surface area contributed by atoms with Crippen molar-refractivity contribution < 1.29 is 14.0 Å². The van der Waals surface area contributed by atoms with Gasteiger partial charge in [-0.05, 0) is 25.5 Å². The normalized spacial score (nSPS) is 21.3. The molecule has 6 nitrogen and oxygen atoms in total. The summed E-state index contributed by atoms with van der Waals surface area (Å²) in [6.45, 7) is 3.47. The highest BCUT2D eigenvalue weighted by atomic mass is 35.5. The lowest BCUT2D eigenvalue weighted by molar-refractivity contribution is -0.120. The Labute approximate surface area is 152 Å². The summed E-state index contributed by atoms with van der Waals surface area (Å²) in [6, 6.07) is 3.53. The minimum absolute atomic E-state index is 0.130. The smallest absolute Gasteiger partial charge is 0.235 e. The van der Waals surface area contributed by atoms with Crippen LogP contribution in [0.4, 0.5) is 5.13 Å². The van der Waals surface area contributed by atoms with Crippen molar-refractivity contribution in [1.82, 2.24) is 10.3 Å². The van der Waals surface area contributed by atoms with Crippen LogP contribution in [0.5, 0.6) is 0 Å². The molecule has 0 radical (unpaired) electrons. The summed E-state index contributed by atoms with van der Waals surface area (Å²) < 4.78 is 4.61. The van der Waals surface area contributed by atoms with E-state index in [9.17, 15) is 9.59 Å². The summed E-state index contributed by atoms with van der Waals surface area (Å²) in [4.78, 5) is 27.5. The molecule has 9 heteroatoms. The molecule has 1 aliphatic rings. The van der Waals surface area contributed by atoms with Crippen LogP contribution in [0.2, 0.25) is 0 Å². The van der Waals surface area contributed by atoms with Gasteiger partial charge in [-0.2, -0.15) is 0 Å².